The minimum absolute atomic E-state index is 0.0509. The molecule has 104 valence electrons. The molecule has 2 rings (SSSR count). The Morgan fingerprint density at radius 1 is 1.10 bits per heavy atom. The Morgan fingerprint density at radius 2 is 1.70 bits per heavy atom. The second kappa shape index (κ2) is 6.71. The number of carbonyl (C=O) groups excluding carboxylic acids is 1. The van der Waals surface area contributed by atoms with Gasteiger partial charge in [0.1, 0.15) is 0 Å². The summed E-state index contributed by atoms with van der Waals surface area (Å²) in [5.41, 5.74) is 4.30. The monoisotopic (exact) mass is 331 g/mol. The lowest BCUT2D eigenvalue weighted by Gasteiger charge is -2.09. The summed E-state index contributed by atoms with van der Waals surface area (Å²) in [5, 5.41) is 2.96. The van der Waals surface area contributed by atoms with Crippen LogP contribution in [-0.4, -0.2) is 5.91 Å². The van der Waals surface area contributed by atoms with Gasteiger partial charge in [0, 0.05) is 16.6 Å². The molecule has 1 N–H and O–H groups in total. The number of hydrogen-bond donors (Lipinski definition) is 1. The van der Waals surface area contributed by atoms with Crippen molar-refractivity contribution in [2.75, 3.05) is 5.32 Å². The van der Waals surface area contributed by atoms with Crippen LogP contribution in [-0.2, 0) is 11.2 Å². The van der Waals surface area contributed by atoms with Gasteiger partial charge < -0.3 is 5.32 Å². The molecule has 2 aromatic rings. The number of halogens is 1. The molecule has 0 aliphatic rings. The molecule has 0 aromatic heterocycles. The molecule has 2 nitrogen and oxygen atoms in total. The molecule has 20 heavy (non-hydrogen) atoms. The van der Waals surface area contributed by atoms with Gasteiger partial charge in [-0.15, -0.1) is 0 Å². The Balaban J connectivity index is 1.95. The van der Waals surface area contributed by atoms with Crippen LogP contribution in [0.1, 0.15) is 23.1 Å². The Kier molecular flexibility index (Phi) is 4.96. The number of benzene rings is 2. The molecule has 0 heterocycles. The summed E-state index contributed by atoms with van der Waals surface area (Å²) in [7, 11) is 0. The van der Waals surface area contributed by atoms with E-state index in [1.807, 2.05) is 56.3 Å². The first kappa shape index (κ1) is 14.8. The van der Waals surface area contributed by atoms with E-state index in [9.17, 15) is 4.79 Å². The topological polar surface area (TPSA) is 29.1 Å². The third-order valence-electron chi connectivity index (χ3n) is 3.20. The Bertz CT molecular complexity index is 585. The fraction of sp³-hybridized carbons (Fsp3) is 0.235. The normalized spacial score (nSPS) is 10.3. The zero-order valence-electron chi connectivity index (χ0n) is 11.7. The lowest BCUT2D eigenvalue weighted by Crippen LogP contribution is -2.12. The number of aryl methyl sites for hydroxylation is 3. The van der Waals surface area contributed by atoms with Gasteiger partial charge in [-0.1, -0.05) is 46.3 Å². The number of anilines is 1. The molecular weight excluding hydrogens is 314 g/mol. The third-order valence-corrected chi connectivity index (χ3v) is 4.45. The molecule has 3 heteroatoms. The highest BCUT2D eigenvalue weighted by Gasteiger charge is 2.06. The zero-order valence-corrected chi connectivity index (χ0v) is 13.3. The first-order valence-corrected chi connectivity index (χ1v) is 7.46. The zero-order chi connectivity index (χ0) is 14.5. The highest BCUT2D eigenvalue weighted by atomic mass is 79.9. The van der Waals surface area contributed by atoms with Crippen molar-refractivity contribution in [2.24, 2.45) is 0 Å². The lowest BCUT2D eigenvalue weighted by molar-refractivity contribution is -0.116. The summed E-state index contributed by atoms with van der Waals surface area (Å²) in [5.74, 6) is 0.0509. The van der Waals surface area contributed by atoms with Gasteiger partial charge in [0.25, 0.3) is 0 Å². The van der Waals surface area contributed by atoms with Crippen LogP contribution in [0.25, 0.3) is 0 Å². The number of hydrogen-bond acceptors (Lipinski definition) is 1. The SMILES string of the molecule is Cc1cc(NC(=O)CCc2ccccc2)cc(C)c1Br. The first-order valence-electron chi connectivity index (χ1n) is 6.67. The molecule has 0 spiro atoms. The maximum absolute atomic E-state index is 12.0. The van der Waals surface area contributed by atoms with E-state index in [1.54, 1.807) is 0 Å². The predicted molar refractivity (Wildman–Crippen MR) is 87.0 cm³/mol. The van der Waals surface area contributed by atoms with Gasteiger partial charge in [-0.25, -0.2) is 0 Å². The molecule has 2 aromatic carbocycles. The molecule has 0 aliphatic heterocycles. The van der Waals surface area contributed by atoms with Gasteiger partial charge in [-0.3, -0.25) is 4.79 Å². The largest absolute Gasteiger partial charge is 0.326 e. The molecule has 0 aliphatic carbocycles. The highest BCUT2D eigenvalue weighted by molar-refractivity contribution is 9.10. The Labute approximate surface area is 128 Å². The average molecular weight is 332 g/mol. The van der Waals surface area contributed by atoms with E-state index >= 15 is 0 Å². The van der Waals surface area contributed by atoms with Crippen LogP contribution in [0.15, 0.2) is 46.9 Å². The van der Waals surface area contributed by atoms with Gasteiger partial charge in [0.05, 0.1) is 0 Å². The third kappa shape index (κ3) is 3.94. The minimum atomic E-state index is 0.0509. The van der Waals surface area contributed by atoms with Crippen molar-refractivity contribution in [2.45, 2.75) is 26.7 Å². The molecule has 0 saturated carbocycles. The van der Waals surface area contributed by atoms with Crippen LogP contribution in [0.3, 0.4) is 0 Å². The van der Waals surface area contributed by atoms with Gasteiger partial charge in [-0.2, -0.15) is 0 Å². The van der Waals surface area contributed by atoms with E-state index in [1.165, 1.54) is 5.56 Å². The van der Waals surface area contributed by atoms with Crippen LogP contribution in [0.5, 0.6) is 0 Å². The first-order chi connectivity index (χ1) is 9.56. The van der Waals surface area contributed by atoms with Crippen molar-refractivity contribution >= 4 is 27.5 Å². The lowest BCUT2D eigenvalue weighted by atomic mass is 10.1. The summed E-state index contributed by atoms with van der Waals surface area (Å²) in [6, 6.07) is 14.0. The molecule has 0 bridgehead atoms. The van der Waals surface area contributed by atoms with E-state index in [0.717, 1.165) is 27.7 Å². The highest BCUT2D eigenvalue weighted by Crippen LogP contribution is 2.25. The maximum atomic E-state index is 12.0. The van der Waals surface area contributed by atoms with Gasteiger partial charge in [-0.05, 0) is 49.1 Å². The second-order valence-electron chi connectivity index (χ2n) is 4.96. The van der Waals surface area contributed by atoms with Crippen molar-refractivity contribution in [3.8, 4) is 0 Å². The van der Waals surface area contributed by atoms with E-state index < -0.39 is 0 Å². The summed E-state index contributed by atoms with van der Waals surface area (Å²) >= 11 is 3.53. The van der Waals surface area contributed by atoms with Crippen molar-refractivity contribution in [3.63, 3.8) is 0 Å². The Morgan fingerprint density at radius 3 is 2.30 bits per heavy atom. The quantitative estimate of drug-likeness (QED) is 0.868. The fourth-order valence-electron chi connectivity index (χ4n) is 2.14. The van der Waals surface area contributed by atoms with Crippen LogP contribution >= 0.6 is 15.9 Å². The van der Waals surface area contributed by atoms with Gasteiger partial charge in [0.15, 0.2) is 0 Å². The van der Waals surface area contributed by atoms with Crippen LogP contribution in [0.4, 0.5) is 5.69 Å². The molecule has 0 saturated heterocycles. The maximum Gasteiger partial charge on any atom is 0.224 e. The predicted octanol–water partition coefficient (Wildman–Crippen LogP) is 4.64. The number of nitrogens with one attached hydrogen (secondary N) is 1. The van der Waals surface area contributed by atoms with Crippen molar-refractivity contribution in [1.82, 2.24) is 0 Å². The fourth-order valence-corrected chi connectivity index (χ4v) is 2.37. The molecular formula is C17H18BrNO. The number of amides is 1. The second-order valence-corrected chi connectivity index (χ2v) is 5.75. The molecule has 1 amide bonds. The van der Waals surface area contributed by atoms with E-state index in [-0.39, 0.29) is 5.91 Å². The standard InChI is InChI=1S/C17H18BrNO/c1-12-10-15(11-13(2)17(12)18)19-16(20)9-8-14-6-4-3-5-7-14/h3-7,10-11H,8-9H2,1-2H3,(H,19,20). The molecule has 0 fully saturated rings. The number of carbonyl (C=O) groups is 1. The van der Waals surface area contributed by atoms with E-state index in [4.69, 9.17) is 0 Å². The van der Waals surface area contributed by atoms with E-state index in [0.29, 0.717) is 6.42 Å². The summed E-state index contributed by atoms with van der Waals surface area (Å²) in [4.78, 5) is 12.0. The van der Waals surface area contributed by atoms with Gasteiger partial charge >= 0.3 is 0 Å². The number of rotatable bonds is 4. The molecule has 0 radical (unpaired) electrons. The Hall–Kier alpha value is -1.61. The van der Waals surface area contributed by atoms with Crippen molar-refractivity contribution in [3.05, 3.63) is 63.6 Å². The minimum Gasteiger partial charge on any atom is -0.326 e. The van der Waals surface area contributed by atoms with Gasteiger partial charge in [0.2, 0.25) is 5.91 Å². The van der Waals surface area contributed by atoms with E-state index in [2.05, 4.69) is 21.2 Å². The molecule has 0 atom stereocenters. The van der Waals surface area contributed by atoms with Crippen LogP contribution in [0, 0.1) is 13.8 Å². The van der Waals surface area contributed by atoms with Crippen molar-refractivity contribution < 1.29 is 4.79 Å². The summed E-state index contributed by atoms with van der Waals surface area (Å²) in [6.07, 6.45) is 1.26. The van der Waals surface area contributed by atoms with Crippen LogP contribution < -0.4 is 5.32 Å². The molecule has 0 unspecified atom stereocenters. The summed E-state index contributed by atoms with van der Waals surface area (Å²) < 4.78 is 1.10. The van der Waals surface area contributed by atoms with Crippen LogP contribution in [0.2, 0.25) is 0 Å². The summed E-state index contributed by atoms with van der Waals surface area (Å²) in [6.45, 7) is 4.05. The average Bonchev–Trinajstić information content (AvgIpc) is 2.43. The van der Waals surface area contributed by atoms with Crippen molar-refractivity contribution in [1.29, 1.82) is 0 Å². The smallest absolute Gasteiger partial charge is 0.224 e.